The summed E-state index contributed by atoms with van der Waals surface area (Å²) in [6.45, 7) is 4.23. The van der Waals surface area contributed by atoms with Crippen LogP contribution in [-0.4, -0.2) is 9.13 Å². The van der Waals surface area contributed by atoms with E-state index in [9.17, 15) is 0 Å². The number of rotatable bonds is 5. The molecule has 3 heterocycles. The van der Waals surface area contributed by atoms with Crippen molar-refractivity contribution in [2.24, 2.45) is 7.05 Å². The average molecular weight is 1270 g/mol. The van der Waals surface area contributed by atoms with Crippen LogP contribution in [0.5, 0.6) is 0 Å². The zero-order valence-electron chi connectivity index (χ0n) is 42.6. The molecular formula is C70H46N2Y4-8. The molecule has 2 aromatic heterocycles. The molecule has 6 heteroatoms. The summed E-state index contributed by atoms with van der Waals surface area (Å²) in [5.41, 5.74) is 22.5. The van der Waals surface area contributed by atoms with Crippen molar-refractivity contribution < 1.29 is 131 Å². The summed E-state index contributed by atoms with van der Waals surface area (Å²) in [6.07, 6.45) is 0.987. The summed E-state index contributed by atoms with van der Waals surface area (Å²) < 4.78 is 4.59. The molecule has 1 aliphatic heterocycles. The van der Waals surface area contributed by atoms with E-state index < -0.39 is 0 Å². The molecule has 0 amide bonds. The number of para-hydroxylation sites is 3. The molecular weight excluding hydrogens is 1220 g/mol. The van der Waals surface area contributed by atoms with Gasteiger partial charge in [-0.15, -0.1) is 69.6 Å². The van der Waals surface area contributed by atoms with Crippen molar-refractivity contribution in [1.82, 2.24) is 9.13 Å². The van der Waals surface area contributed by atoms with Gasteiger partial charge in [0.2, 0.25) is 0 Å². The number of aromatic nitrogens is 2. The van der Waals surface area contributed by atoms with Gasteiger partial charge in [0.05, 0.1) is 0 Å². The van der Waals surface area contributed by atoms with Gasteiger partial charge in [0, 0.05) is 165 Å². The molecule has 0 spiro atoms. The Morgan fingerprint density at radius 2 is 0.882 bits per heavy atom. The van der Waals surface area contributed by atoms with Gasteiger partial charge >= 0.3 is 0 Å². The summed E-state index contributed by atoms with van der Waals surface area (Å²) in [7, 11) is 2.13. The van der Waals surface area contributed by atoms with Crippen LogP contribution in [0.4, 0.5) is 0 Å². The van der Waals surface area contributed by atoms with Gasteiger partial charge in [-0.05, 0) is 41.1 Å². The second-order valence-corrected chi connectivity index (χ2v) is 18.4. The second kappa shape index (κ2) is 25.9. The fourth-order valence-electron chi connectivity index (χ4n) is 10.2. The molecule has 0 aliphatic carbocycles. The van der Waals surface area contributed by atoms with Crippen LogP contribution < -0.4 is 0 Å². The molecule has 0 unspecified atom stereocenters. The number of hydrogen-bond donors (Lipinski definition) is 0. The van der Waals surface area contributed by atoms with E-state index in [-0.39, 0.29) is 131 Å². The Bertz CT molecular complexity index is 4120. The molecule has 0 N–H and O–H groups in total. The van der Waals surface area contributed by atoms with Gasteiger partial charge in [-0.1, -0.05) is 67.5 Å². The molecule has 0 saturated carbocycles. The number of nitrogens with zero attached hydrogens (tertiary/aromatic N) is 2. The summed E-state index contributed by atoms with van der Waals surface area (Å²) in [5, 5.41) is 5.18. The predicted molar refractivity (Wildman–Crippen MR) is 298 cm³/mol. The van der Waals surface area contributed by atoms with Crippen LogP contribution in [0.25, 0.3) is 105 Å². The van der Waals surface area contributed by atoms with Gasteiger partial charge in [-0.25, -0.2) is 33.4 Å². The minimum absolute atomic E-state index is 0. The van der Waals surface area contributed by atoms with Crippen molar-refractivity contribution in [3.63, 3.8) is 0 Å². The van der Waals surface area contributed by atoms with Crippen LogP contribution in [0.3, 0.4) is 0 Å². The van der Waals surface area contributed by atoms with Crippen molar-refractivity contribution in [2.45, 2.75) is 20.3 Å². The van der Waals surface area contributed by atoms with Crippen LogP contribution in [0.15, 0.2) is 212 Å². The average Bonchev–Trinajstić information content (AvgIpc) is 3.95. The molecule has 0 atom stereocenters. The van der Waals surface area contributed by atoms with Gasteiger partial charge in [0.15, 0.2) is 0 Å². The molecule has 1 aliphatic rings. The van der Waals surface area contributed by atoms with E-state index in [2.05, 4.69) is 224 Å². The fourth-order valence-corrected chi connectivity index (χ4v) is 10.2. The standard InChI is InChI=1S/C25H17N.C25H16.C20H13N.4Y/c1-26-24-13-6-5-12-22(24)23-17-21(14-15-25(23)26)20-11-7-10-19(16-20)18-8-3-2-4-9-18;1-19-8-5-11-21(16-19)23-13-7-15-25(18-23)24-14-6-12-22(17-24)20-9-3-2-4-10-20;1-13-9-10-18-15(11-13)12-14-5-4-7-17-16-6-2-3-8-19(16)21(18)20(14)17;;;;/h2-8,11-17H,1H3;2-9,14-18H,1H3;2-7,9,11H,12H2,1H3;;;;/q-2;-4;-2;;;;. The summed E-state index contributed by atoms with van der Waals surface area (Å²) in [5.74, 6) is 0. The molecule has 356 valence electrons. The van der Waals surface area contributed by atoms with Gasteiger partial charge in [-0.2, -0.15) is 169 Å². The predicted octanol–water partition coefficient (Wildman–Crippen LogP) is 17.0. The first-order valence-corrected chi connectivity index (χ1v) is 24.3. The van der Waals surface area contributed by atoms with Crippen LogP contribution in [0.1, 0.15) is 22.3 Å². The van der Waals surface area contributed by atoms with Crippen LogP contribution in [0.2, 0.25) is 0 Å². The molecule has 4 radical (unpaired) electrons. The van der Waals surface area contributed by atoms with Crippen LogP contribution in [-0.2, 0) is 144 Å². The summed E-state index contributed by atoms with van der Waals surface area (Å²) in [6, 6.07) is 100. The third-order valence-corrected chi connectivity index (χ3v) is 13.7. The first-order valence-electron chi connectivity index (χ1n) is 24.3. The first kappa shape index (κ1) is 57.6. The van der Waals surface area contributed by atoms with E-state index in [4.69, 9.17) is 0 Å². The van der Waals surface area contributed by atoms with Gasteiger partial charge in [0.1, 0.15) is 0 Å². The Balaban J connectivity index is 0.000000148. The Morgan fingerprint density at radius 1 is 0.355 bits per heavy atom. The normalized spacial score (nSPS) is 10.9. The van der Waals surface area contributed by atoms with Crippen LogP contribution in [0, 0.1) is 62.4 Å². The van der Waals surface area contributed by atoms with E-state index in [1.165, 1.54) is 77.2 Å². The van der Waals surface area contributed by atoms with Crippen LogP contribution >= 0.6 is 0 Å². The molecule has 14 rings (SSSR count). The largest absolute Gasteiger partial charge is 0.358 e. The molecule has 0 saturated heterocycles. The zero-order valence-corrected chi connectivity index (χ0v) is 54.0. The van der Waals surface area contributed by atoms with E-state index in [0.717, 1.165) is 56.4 Å². The fraction of sp³-hybridized carbons (Fsp3) is 0.0571. The van der Waals surface area contributed by atoms with Gasteiger partial charge in [-0.3, -0.25) is 0 Å². The number of fused-ring (bicyclic) bond motifs is 8. The van der Waals surface area contributed by atoms with Gasteiger partial charge in [0.25, 0.3) is 0 Å². The van der Waals surface area contributed by atoms with Gasteiger partial charge < -0.3 is 9.13 Å². The molecule has 2 nitrogen and oxygen atoms in total. The first-order chi connectivity index (χ1) is 35.4. The maximum absolute atomic E-state index is 3.48. The molecule has 76 heavy (non-hydrogen) atoms. The maximum atomic E-state index is 3.48. The Hall–Kier alpha value is -4.56. The monoisotopic (exact) mass is 1270 g/mol. The van der Waals surface area contributed by atoms with E-state index in [1.807, 2.05) is 66.7 Å². The third-order valence-electron chi connectivity index (χ3n) is 13.7. The molecule has 0 fully saturated rings. The quantitative estimate of drug-likeness (QED) is 0.152. The number of aryl methyl sites for hydroxylation is 3. The topological polar surface area (TPSA) is 9.86 Å². The Labute approximate surface area is 547 Å². The van der Waals surface area contributed by atoms with Crippen molar-refractivity contribution in [3.05, 3.63) is 283 Å². The van der Waals surface area contributed by atoms with Crippen molar-refractivity contribution in [2.75, 3.05) is 0 Å². The minimum Gasteiger partial charge on any atom is -0.358 e. The smallest absolute Gasteiger partial charge is 0.0489 e. The Morgan fingerprint density at radius 3 is 1.51 bits per heavy atom. The SMILES string of the molecule is Cc1c[c-]c2c(c1)Cc1cccc3c4ccc[c-]c4n-2c13.Cc1cc[c-]c(-c2[c-]ccc(-c3cc[c-]c(-c4[c-]cccc4)c3)c2)c1.Cn1c2ccccc2c2cc(-c3cc[c-]c(-c4[c-]cccc4)c3)ccc21.[Y].[Y].[Y].[Y]. The maximum Gasteiger partial charge on any atom is 0.0489 e. The zero-order chi connectivity index (χ0) is 48.5. The summed E-state index contributed by atoms with van der Waals surface area (Å²) in [4.78, 5) is 0. The minimum atomic E-state index is 0. The Kier molecular flexibility index (Phi) is 19.7. The van der Waals surface area contributed by atoms with E-state index in [1.54, 1.807) is 0 Å². The van der Waals surface area contributed by atoms with Crippen molar-refractivity contribution in [1.29, 1.82) is 0 Å². The van der Waals surface area contributed by atoms with E-state index >= 15 is 0 Å². The molecule has 0 bridgehead atoms. The number of hydrogen-bond acceptors (Lipinski definition) is 0. The second-order valence-electron chi connectivity index (χ2n) is 18.4. The van der Waals surface area contributed by atoms with Crippen molar-refractivity contribution >= 4 is 43.6 Å². The third kappa shape index (κ3) is 11.9. The molecule has 11 aromatic carbocycles. The molecule has 13 aromatic rings. The van der Waals surface area contributed by atoms with Crippen molar-refractivity contribution in [3.8, 4) is 61.3 Å². The summed E-state index contributed by atoms with van der Waals surface area (Å²) >= 11 is 0. The number of benzene rings is 11. The van der Waals surface area contributed by atoms with E-state index in [0.29, 0.717) is 0 Å².